The molecule has 4 aliphatic rings. The number of fused-ring (bicyclic) bond motifs is 5. The summed E-state index contributed by atoms with van der Waals surface area (Å²) < 4.78 is 0. The number of hydrogen-bond acceptors (Lipinski definition) is 3. The molecule has 4 rings (SSSR count). The van der Waals surface area contributed by atoms with Crippen LogP contribution in [0.5, 0.6) is 0 Å². The first-order chi connectivity index (χ1) is 12.4. The molecule has 0 aromatic rings. The molecular formula is C23H37NO2. The highest BCUT2D eigenvalue weighted by Gasteiger charge is 2.59. The van der Waals surface area contributed by atoms with Crippen LogP contribution in [0.15, 0.2) is 16.8 Å². The van der Waals surface area contributed by atoms with Gasteiger partial charge in [0.05, 0.1) is 11.8 Å². The Morgan fingerprint density at radius 3 is 2.77 bits per heavy atom. The van der Waals surface area contributed by atoms with Crippen molar-refractivity contribution < 1.29 is 9.94 Å². The van der Waals surface area contributed by atoms with E-state index in [9.17, 15) is 5.11 Å². The van der Waals surface area contributed by atoms with E-state index >= 15 is 0 Å². The summed E-state index contributed by atoms with van der Waals surface area (Å²) in [7, 11) is 0. The maximum absolute atomic E-state index is 10.2. The highest BCUT2D eigenvalue weighted by Crippen LogP contribution is 2.66. The summed E-state index contributed by atoms with van der Waals surface area (Å²) in [4.78, 5) is 5.39. The number of oxime groups is 1. The summed E-state index contributed by atoms with van der Waals surface area (Å²) in [5.41, 5.74) is 3.52. The Morgan fingerprint density at radius 2 is 2.00 bits per heavy atom. The van der Waals surface area contributed by atoms with Crippen LogP contribution in [0.4, 0.5) is 0 Å². The van der Waals surface area contributed by atoms with E-state index in [0.29, 0.717) is 23.4 Å². The average molecular weight is 360 g/mol. The Bertz CT molecular complexity index is 611. The summed E-state index contributed by atoms with van der Waals surface area (Å²) in [5, 5.41) is 14.6. The van der Waals surface area contributed by atoms with Gasteiger partial charge in [-0.1, -0.05) is 30.7 Å². The van der Waals surface area contributed by atoms with Crippen LogP contribution in [0.2, 0.25) is 0 Å². The van der Waals surface area contributed by atoms with Crippen LogP contribution in [0.3, 0.4) is 0 Å². The molecule has 0 amide bonds. The Labute approximate surface area is 159 Å². The van der Waals surface area contributed by atoms with Crippen LogP contribution < -0.4 is 0 Å². The molecule has 3 heteroatoms. The van der Waals surface area contributed by atoms with Gasteiger partial charge in [0, 0.05) is 5.92 Å². The zero-order valence-corrected chi connectivity index (χ0v) is 17.1. The Kier molecular flexibility index (Phi) is 4.74. The number of nitrogens with zero attached hydrogens (tertiary/aromatic N) is 1. The molecule has 0 saturated heterocycles. The van der Waals surface area contributed by atoms with Gasteiger partial charge in [0.1, 0.15) is 6.61 Å². The molecule has 0 radical (unpaired) electrons. The van der Waals surface area contributed by atoms with Crippen molar-refractivity contribution >= 4 is 5.71 Å². The third kappa shape index (κ3) is 2.68. The standard InChI is InChI=1S/C23H37NO2/c1-5-26-24-15(2)19-8-9-20-18-7-6-16-14-17(25)10-12-22(16,3)21(18)11-13-23(19,20)4/h6,17-21,25H,5,7-14H2,1-4H3/t17-,18-,19+,20-,21-,22-,23+/m0/s1. The summed E-state index contributed by atoms with van der Waals surface area (Å²) in [6.45, 7) is 9.91. The number of hydrogen-bond donors (Lipinski definition) is 1. The molecule has 0 aliphatic heterocycles. The second-order valence-corrected chi connectivity index (χ2v) is 9.98. The van der Waals surface area contributed by atoms with Gasteiger partial charge in [-0.3, -0.25) is 0 Å². The molecule has 26 heavy (non-hydrogen) atoms. The molecule has 0 aromatic carbocycles. The van der Waals surface area contributed by atoms with Crippen molar-refractivity contribution in [3.05, 3.63) is 11.6 Å². The molecule has 3 nitrogen and oxygen atoms in total. The Morgan fingerprint density at radius 1 is 1.19 bits per heavy atom. The topological polar surface area (TPSA) is 41.8 Å². The van der Waals surface area contributed by atoms with Crippen LogP contribution >= 0.6 is 0 Å². The number of allylic oxidation sites excluding steroid dienone is 1. The minimum atomic E-state index is -0.104. The second-order valence-electron chi connectivity index (χ2n) is 9.98. The van der Waals surface area contributed by atoms with Crippen LogP contribution in [-0.4, -0.2) is 23.5 Å². The molecule has 0 unspecified atom stereocenters. The quantitative estimate of drug-likeness (QED) is 0.420. The van der Waals surface area contributed by atoms with Gasteiger partial charge in [-0.05, 0) is 93.8 Å². The Balaban J connectivity index is 1.60. The van der Waals surface area contributed by atoms with E-state index in [0.717, 1.165) is 30.6 Å². The number of rotatable bonds is 3. The van der Waals surface area contributed by atoms with Crippen LogP contribution in [0, 0.1) is 34.5 Å². The molecule has 146 valence electrons. The highest BCUT2D eigenvalue weighted by molar-refractivity contribution is 5.85. The molecule has 0 spiro atoms. The van der Waals surface area contributed by atoms with E-state index < -0.39 is 0 Å². The lowest BCUT2D eigenvalue weighted by Gasteiger charge is -2.58. The van der Waals surface area contributed by atoms with Gasteiger partial charge in [0.15, 0.2) is 0 Å². The van der Waals surface area contributed by atoms with Crippen LogP contribution in [0.1, 0.15) is 79.1 Å². The fourth-order valence-corrected chi connectivity index (χ4v) is 7.56. The van der Waals surface area contributed by atoms with Crippen molar-refractivity contribution in [2.75, 3.05) is 6.61 Å². The number of aliphatic hydroxyl groups excluding tert-OH is 1. The first-order valence-corrected chi connectivity index (χ1v) is 10.9. The van der Waals surface area contributed by atoms with E-state index in [2.05, 4.69) is 32.0 Å². The van der Waals surface area contributed by atoms with Gasteiger partial charge < -0.3 is 9.94 Å². The normalized spacial score (nSPS) is 48.3. The van der Waals surface area contributed by atoms with E-state index in [1.807, 2.05) is 6.92 Å². The zero-order valence-electron chi connectivity index (χ0n) is 17.1. The maximum Gasteiger partial charge on any atom is 0.114 e. The second kappa shape index (κ2) is 6.65. The summed E-state index contributed by atoms with van der Waals surface area (Å²) >= 11 is 0. The van der Waals surface area contributed by atoms with Gasteiger partial charge in [-0.25, -0.2) is 0 Å². The summed E-state index contributed by atoms with van der Waals surface area (Å²) in [6.07, 6.45) is 12.1. The van der Waals surface area contributed by atoms with Gasteiger partial charge in [-0.2, -0.15) is 0 Å². The smallest absolute Gasteiger partial charge is 0.114 e. The van der Waals surface area contributed by atoms with Gasteiger partial charge in [0.25, 0.3) is 0 Å². The van der Waals surface area contributed by atoms with Gasteiger partial charge in [-0.15, -0.1) is 0 Å². The monoisotopic (exact) mass is 359 g/mol. The van der Waals surface area contributed by atoms with Crippen molar-refractivity contribution in [1.29, 1.82) is 0 Å². The molecule has 0 bridgehead atoms. The van der Waals surface area contributed by atoms with Gasteiger partial charge in [0.2, 0.25) is 0 Å². The van der Waals surface area contributed by atoms with Gasteiger partial charge >= 0.3 is 0 Å². The van der Waals surface area contributed by atoms with Crippen molar-refractivity contribution in [1.82, 2.24) is 0 Å². The fraction of sp³-hybridized carbons (Fsp3) is 0.870. The van der Waals surface area contributed by atoms with E-state index in [1.165, 1.54) is 44.2 Å². The SMILES string of the molecule is CCON=C(C)[C@H]1CC[C@H]2[C@@H]3CC=C4C[C@@H](O)CC[C@]4(C)[C@H]3CC[C@]12C. The molecular weight excluding hydrogens is 322 g/mol. The lowest BCUT2D eigenvalue weighted by atomic mass is 9.47. The van der Waals surface area contributed by atoms with E-state index in [4.69, 9.17) is 4.84 Å². The molecule has 7 atom stereocenters. The van der Waals surface area contributed by atoms with Crippen molar-refractivity contribution in [3.8, 4) is 0 Å². The molecule has 0 heterocycles. The third-order valence-electron chi connectivity index (χ3n) is 8.92. The largest absolute Gasteiger partial charge is 0.396 e. The number of aliphatic hydroxyl groups is 1. The molecule has 3 fully saturated rings. The Hall–Kier alpha value is -0.830. The minimum Gasteiger partial charge on any atom is -0.396 e. The highest BCUT2D eigenvalue weighted by atomic mass is 16.6. The first-order valence-electron chi connectivity index (χ1n) is 10.9. The predicted molar refractivity (Wildman–Crippen MR) is 106 cm³/mol. The minimum absolute atomic E-state index is 0.104. The lowest BCUT2D eigenvalue weighted by Crippen LogP contribution is -2.50. The van der Waals surface area contributed by atoms with E-state index in [-0.39, 0.29) is 6.10 Å². The summed E-state index contributed by atoms with van der Waals surface area (Å²) in [5.74, 6) is 3.05. The average Bonchev–Trinajstić information content (AvgIpc) is 2.97. The van der Waals surface area contributed by atoms with Crippen molar-refractivity contribution in [2.24, 2.45) is 39.7 Å². The van der Waals surface area contributed by atoms with Crippen molar-refractivity contribution in [3.63, 3.8) is 0 Å². The maximum atomic E-state index is 10.2. The zero-order chi connectivity index (χ0) is 18.5. The van der Waals surface area contributed by atoms with Crippen molar-refractivity contribution in [2.45, 2.75) is 85.2 Å². The fourth-order valence-electron chi connectivity index (χ4n) is 7.56. The third-order valence-corrected chi connectivity index (χ3v) is 8.92. The molecule has 0 aromatic heterocycles. The molecule has 4 aliphatic carbocycles. The lowest BCUT2D eigenvalue weighted by molar-refractivity contribution is -0.0426. The van der Waals surface area contributed by atoms with E-state index in [1.54, 1.807) is 5.57 Å². The molecule has 1 N–H and O–H groups in total. The van der Waals surface area contributed by atoms with Crippen LogP contribution in [-0.2, 0) is 4.84 Å². The first kappa shape index (κ1) is 18.5. The summed E-state index contributed by atoms with van der Waals surface area (Å²) in [6, 6.07) is 0. The predicted octanol–water partition coefficient (Wildman–Crippen LogP) is 5.34. The molecule has 3 saturated carbocycles. The van der Waals surface area contributed by atoms with Crippen LogP contribution in [0.25, 0.3) is 0 Å².